The van der Waals surface area contributed by atoms with E-state index >= 15 is 0 Å². The van der Waals surface area contributed by atoms with Gasteiger partial charge >= 0.3 is 6.09 Å². The molecule has 0 aromatic carbocycles. The summed E-state index contributed by atoms with van der Waals surface area (Å²) in [6.07, 6.45) is 2.06. The van der Waals surface area contributed by atoms with Crippen LogP contribution in [0.15, 0.2) is 0 Å². The Labute approximate surface area is 122 Å². The first-order valence-corrected chi connectivity index (χ1v) is 7.61. The number of aliphatic hydroxyl groups is 1. The fourth-order valence-corrected chi connectivity index (χ4v) is 2.46. The molecule has 1 aliphatic rings. The van der Waals surface area contributed by atoms with E-state index < -0.39 is 11.2 Å². The van der Waals surface area contributed by atoms with Gasteiger partial charge in [-0.2, -0.15) is 0 Å². The maximum absolute atomic E-state index is 11.7. The molecule has 0 aromatic rings. The van der Waals surface area contributed by atoms with Crippen LogP contribution < -0.4 is 5.32 Å². The molecule has 0 saturated carbocycles. The number of hydrogen-bond donors (Lipinski definition) is 2. The molecule has 1 heterocycles. The second kappa shape index (κ2) is 6.76. The average Bonchev–Trinajstić information content (AvgIpc) is 2.73. The first-order valence-electron chi connectivity index (χ1n) is 7.61. The van der Waals surface area contributed by atoms with Crippen LogP contribution in [0.5, 0.6) is 0 Å². The zero-order chi connectivity index (χ0) is 15.4. The Bertz CT molecular complexity index is 322. The van der Waals surface area contributed by atoms with Gasteiger partial charge < -0.3 is 15.2 Å². The smallest absolute Gasteiger partial charge is 0.407 e. The fraction of sp³-hybridized carbons (Fsp3) is 0.933. The Morgan fingerprint density at radius 3 is 2.45 bits per heavy atom. The number of likely N-dealkylation sites (tertiary alicyclic amines) is 1. The first kappa shape index (κ1) is 17.2. The summed E-state index contributed by atoms with van der Waals surface area (Å²) in [5.41, 5.74) is -1.08. The van der Waals surface area contributed by atoms with Crippen molar-refractivity contribution >= 4 is 6.09 Å². The van der Waals surface area contributed by atoms with Gasteiger partial charge in [0.25, 0.3) is 0 Å². The lowest BCUT2D eigenvalue weighted by molar-refractivity contribution is 0.00191. The monoisotopic (exact) mass is 286 g/mol. The van der Waals surface area contributed by atoms with Gasteiger partial charge in [-0.05, 0) is 40.0 Å². The number of hydrogen-bond acceptors (Lipinski definition) is 4. The molecule has 2 N–H and O–H groups in total. The summed E-state index contributed by atoms with van der Waals surface area (Å²) in [5.74, 6) is 0. The number of alkyl carbamates (subject to hydrolysis) is 1. The van der Waals surface area contributed by atoms with Crippen LogP contribution in [0.3, 0.4) is 0 Å². The summed E-state index contributed by atoms with van der Waals surface area (Å²) >= 11 is 0. The molecule has 0 bridgehead atoms. The van der Waals surface area contributed by atoms with Crippen molar-refractivity contribution in [2.45, 2.75) is 71.1 Å². The van der Waals surface area contributed by atoms with E-state index in [1.165, 1.54) is 0 Å². The summed E-state index contributed by atoms with van der Waals surface area (Å²) in [7, 11) is 0. The van der Waals surface area contributed by atoms with Crippen LogP contribution in [0.1, 0.15) is 53.9 Å². The van der Waals surface area contributed by atoms with Gasteiger partial charge in [-0.3, -0.25) is 4.90 Å². The van der Waals surface area contributed by atoms with Crippen LogP contribution in [0.4, 0.5) is 4.79 Å². The topological polar surface area (TPSA) is 61.8 Å². The quantitative estimate of drug-likeness (QED) is 0.813. The molecule has 1 atom stereocenters. The third-order valence-corrected chi connectivity index (χ3v) is 3.83. The number of rotatable bonds is 5. The summed E-state index contributed by atoms with van der Waals surface area (Å²) in [5, 5.41) is 13.3. The summed E-state index contributed by atoms with van der Waals surface area (Å²) in [4.78, 5) is 13.9. The SMILES string of the molecule is CCC(O)(CC)CN1CC[C@@H](NC(=O)OC(C)(C)C)C1. The molecule has 5 heteroatoms. The third kappa shape index (κ3) is 5.67. The van der Waals surface area contributed by atoms with E-state index in [2.05, 4.69) is 10.2 Å². The van der Waals surface area contributed by atoms with E-state index in [9.17, 15) is 9.90 Å². The lowest BCUT2D eigenvalue weighted by Crippen LogP contribution is -2.44. The van der Waals surface area contributed by atoms with E-state index in [0.717, 1.165) is 32.4 Å². The van der Waals surface area contributed by atoms with Gasteiger partial charge in [-0.25, -0.2) is 4.79 Å². The molecule has 1 amide bonds. The molecule has 1 saturated heterocycles. The standard InChI is InChI=1S/C15H30N2O3/c1-6-15(19,7-2)11-17-9-8-12(10-17)16-13(18)20-14(3,4)5/h12,19H,6-11H2,1-5H3,(H,16,18)/t12-/m1/s1. The van der Waals surface area contributed by atoms with Crippen molar-refractivity contribution < 1.29 is 14.6 Å². The van der Waals surface area contributed by atoms with Crippen LogP contribution in [0.25, 0.3) is 0 Å². The van der Waals surface area contributed by atoms with Crippen molar-refractivity contribution in [2.24, 2.45) is 0 Å². The number of amides is 1. The van der Waals surface area contributed by atoms with E-state index in [1.54, 1.807) is 0 Å². The van der Waals surface area contributed by atoms with Crippen LogP contribution in [-0.2, 0) is 4.74 Å². The highest BCUT2D eigenvalue weighted by Gasteiger charge is 2.31. The Morgan fingerprint density at radius 2 is 1.95 bits per heavy atom. The Hall–Kier alpha value is -0.810. The maximum Gasteiger partial charge on any atom is 0.407 e. The minimum absolute atomic E-state index is 0.114. The van der Waals surface area contributed by atoms with Gasteiger partial charge in [0, 0.05) is 25.7 Å². The molecule has 5 nitrogen and oxygen atoms in total. The molecular weight excluding hydrogens is 256 g/mol. The molecule has 0 aliphatic carbocycles. The largest absolute Gasteiger partial charge is 0.444 e. The van der Waals surface area contributed by atoms with Crippen LogP contribution >= 0.6 is 0 Å². The minimum Gasteiger partial charge on any atom is -0.444 e. The zero-order valence-corrected chi connectivity index (χ0v) is 13.5. The van der Waals surface area contributed by atoms with E-state index in [-0.39, 0.29) is 12.1 Å². The second-order valence-electron chi connectivity index (χ2n) is 6.80. The number of ether oxygens (including phenoxy) is 1. The fourth-order valence-electron chi connectivity index (χ4n) is 2.46. The van der Waals surface area contributed by atoms with Gasteiger partial charge in [0.15, 0.2) is 0 Å². The molecule has 0 spiro atoms. The predicted octanol–water partition coefficient (Wildman–Crippen LogP) is 2.14. The van der Waals surface area contributed by atoms with Crippen molar-refractivity contribution in [3.63, 3.8) is 0 Å². The molecule has 1 rings (SSSR count). The first-order chi connectivity index (χ1) is 9.17. The molecule has 20 heavy (non-hydrogen) atoms. The highest BCUT2D eigenvalue weighted by Crippen LogP contribution is 2.20. The Balaban J connectivity index is 2.38. The second-order valence-corrected chi connectivity index (χ2v) is 6.80. The Kier molecular flexibility index (Phi) is 5.83. The number of carbonyl (C=O) groups excluding carboxylic acids is 1. The number of nitrogens with one attached hydrogen (secondary N) is 1. The number of β-amino-alcohol motifs (C(OH)–C–C–N with tert-alkyl or cyclic N) is 1. The summed E-state index contributed by atoms with van der Waals surface area (Å²) < 4.78 is 5.26. The number of nitrogens with zero attached hydrogens (tertiary/aromatic N) is 1. The van der Waals surface area contributed by atoms with Crippen molar-refractivity contribution in [1.82, 2.24) is 10.2 Å². The van der Waals surface area contributed by atoms with E-state index in [4.69, 9.17) is 4.74 Å². The van der Waals surface area contributed by atoms with Gasteiger partial charge in [0.1, 0.15) is 5.60 Å². The van der Waals surface area contributed by atoms with E-state index in [1.807, 2.05) is 34.6 Å². The Morgan fingerprint density at radius 1 is 1.35 bits per heavy atom. The van der Waals surface area contributed by atoms with Gasteiger partial charge in [0.05, 0.1) is 5.60 Å². The van der Waals surface area contributed by atoms with Gasteiger partial charge in [-0.1, -0.05) is 13.8 Å². The molecular formula is C15H30N2O3. The van der Waals surface area contributed by atoms with Crippen LogP contribution in [-0.4, -0.2) is 53.0 Å². The average molecular weight is 286 g/mol. The third-order valence-electron chi connectivity index (χ3n) is 3.83. The highest BCUT2D eigenvalue weighted by atomic mass is 16.6. The summed E-state index contributed by atoms with van der Waals surface area (Å²) in [6.45, 7) is 11.9. The normalized spacial score (nSPS) is 21.0. The van der Waals surface area contributed by atoms with Crippen LogP contribution in [0.2, 0.25) is 0 Å². The van der Waals surface area contributed by atoms with Crippen molar-refractivity contribution in [3.05, 3.63) is 0 Å². The molecule has 0 unspecified atom stereocenters. The predicted molar refractivity (Wildman–Crippen MR) is 79.7 cm³/mol. The molecule has 1 aliphatic heterocycles. The minimum atomic E-state index is -0.610. The molecule has 1 fully saturated rings. The lowest BCUT2D eigenvalue weighted by atomic mass is 9.97. The van der Waals surface area contributed by atoms with Crippen molar-refractivity contribution in [2.75, 3.05) is 19.6 Å². The number of carbonyl (C=O) groups is 1. The van der Waals surface area contributed by atoms with Gasteiger partial charge in [-0.15, -0.1) is 0 Å². The van der Waals surface area contributed by atoms with Crippen LogP contribution in [0, 0.1) is 0 Å². The van der Waals surface area contributed by atoms with E-state index in [0.29, 0.717) is 6.54 Å². The molecule has 118 valence electrons. The molecule has 0 radical (unpaired) electrons. The van der Waals surface area contributed by atoms with Crippen molar-refractivity contribution in [3.8, 4) is 0 Å². The van der Waals surface area contributed by atoms with Crippen molar-refractivity contribution in [1.29, 1.82) is 0 Å². The molecule has 0 aromatic heterocycles. The lowest BCUT2D eigenvalue weighted by Gasteiger charge is -2.30. The van der Waals surface area contributed by atoms with Gasteiger partial charge in [0.2, 0.25) is 0 Å². The summed E-state index contributed by atoms with van der Waals surface area (Å²) in [6, 6.07) is 0.114. The zero-order valence-electron chi connectivity index (χ0n) is 13.5. The maximum atomic E-state index is 11.7. The highest BCUT2D eigenvalue weighted by molar-refractivity contribution is 5.68.